The fourth-order valence-corrected chi connectivity index (χ4v) is 2.05. The zero-order chi connectivity index (χ0) is 15.9. The number of rotatable bonds is 6. The van der Waals surface area contributed by atoms with E-state index in [1.807, 2.05) is 25.1 Å². The minimum absolute atomic E-state index is 0.127. The first-order chi connectivity index (χ1) is 10.6. The molecule has 2 aromatic carbocycles. The van der Waals surface area contributed by atoms with Crippen molar-refractivity contribution in [2.24, 2.45) is 0 Å². The summed E-state index contributed by atoms with van der Waals surface area (Å²) < 4.78 is 10.7. The summed E-state index contributed by atoms with van der Waals surface area (Å²) in [6, 6.07) is 12.7. The number of carbonyl (C=O) groups is 1. The molecule has 0 aliphatic rings. The third-order valence-electron chi connectivity index (χ3n) is 3.04. The highest BCUT2D eigenvalue weighted by Gasteiger charge is 2.08. The Morgan fingerprint density at radius 1 is 1.18 bits per heavy atom. The van der Waals surface area contributed by atoms with Gasteiger partial charge in [0, 0.05) is 5.02 Å². The lowest BCUT2D eigenvalue weighted by molar-refractivity contribution is -0.116. The van der Waals surface area contributed by atoms with E-state index in [4.69, 9.17) is 21.1 Å². The number of methoxy groups -OCH3 is 1. The van der Waals surface area contributed by atoms with Crippen LogP contribution in [0.25, 0.3) is 0 Å². The fraction of sp³-hybridized carbons (Fsp3) is 0.235. The fourth-order valence-electron chi connectivity index (χ4n) is 1.92. The predicted octanol–water partition coefficient (Wildman–Crippen LogP) is 4.06. The molecule has 22 heavy (non-hydrogen) atoms. The molecule has 0 atom stereocenters. The smallest absolute Gasteiger partial charge is 0.227 e. The van der Waals surface area contributed by atoms with Crippen molar-refractivity contribution in [1.82, 2.24) is 0 Å². The van der Waals surface area contributed by atoms with Crippen LogP contribution < -0.4 is 14.8 Å². The molecular weight excluding hydrogens is 302 g/mol. The molecule has 4 nitrogen and oxygen atoms in total. The molecule has 5 heteroatoms. The first kappa shape index (κ1) is 16.2. The molecule has 0 spiro atoms. The second-order valence-electron chi connectivity index (χ2n) is 4.80. The molecule has 0 bridgehead atoms. The summed E-state index contributed by atoms with van der Waals surface area (Å²) in [5, 5.41) is 3.48. The van der Waals surface area contributed by atoms with Gasteiger partial charge in [0.05, 0.1) is 25.8 Å². The van der Waals surface area contributed by atoms with Crippen molar-refractivity contribution in [3.05, 3.63) is 53.1 Å². The minimum atomic E-state index is -0.127. The Morgan fingerprint density at radius 2 is 1.91 bits per heavy atom. The Balaban J connectivity index is 1.85. The van der Waals surface area contributed by atoms with E-state index >= 15 is 0 Å². The SMILES string of the molecule is COc1ccc(C)cc1NC(=O)CCOc1ccc(Cl)cc1. The van der Waals surface area contributed by atoms with E-state index in [1.54, 1.807) is 31.4 Å². The highest BCUT2D eigenvalue weighted by atomic mass is 35.5. The summed E-state index contributed by atoms with van der Waals surface area (Å²) >= 11 is 5.80. The Bertz CT molecular complexity index is 641. The summed E-state index contributed by atoms with van der Waals surface area (Å²) in [5.41, 5.74) is 1.72. The van der Waals surface area contributed by atoms with Crippen LogP contribution in [0, 0.1) is 6.92 Å². The lowest BCUT2D eigenvalue weighted by Crippen LogP contribution is -2.15. The number of benzene rings is 2. The van der Waals surface area contributed by atoms with Crippen molar-refractivity contribution in [2.45, 2.75) is 13.3 Å². The van der Waals surface area contributed by atoms with Crippen LogP contribution in [0.5, 0.6) is 11.5 Å². The van der Waals surface area contributed by atoms with Gasteiger partial charge in [0.25, 0.3) is 0 Å². The molecule has 0 fully saturated rings. The van der Waals surface area contributed by atoms with Crippen molar-refractivity contribution < 1.29 is 14.3 Å². The molecule has 2 aromatic rings. The standard InChI is InChI=1S/C17H18ClNO3/c1-12-3-8-16(21-2)15(11-12)19-17(20)9-10-22-14-6-4-13(18)5-7-14/h3-8,11H,9-10H2,1-2H3,(H,19,20). The summed E-state index contributed by atoms with van der Waals surface area (Å²) in [5.74, 6) is 1.20. The van der Waals surface area contributed by atoms with Crippen LogP contribution in [0.3, 0.4) is 0 Å². The van der Waals surface area contributed by atoms with Crippen molar-refractivity contribution in [3.63, 3.8) is 0 Å². The van der Waals surface area contributed by atoms with Crippen LogP contribution in [0.1, 0.15) is 12.0 Å². The largest absolute Gasteiger partial charge is 0.495 e. The molecule has 1 N–H and O–H groups in total. The molecule has 0 radical (unpaired) electrons. The van der Waals surface area contributed by atoms with Crippen LogP contribution in [0.15, 0.2) is 42.5 Å². The number of aryl methyl sites for hydroxylation is 1. The van der Waals surface area contributed by atoms with Crippen molar-refractivity contribution in [2.75, 3.05) is 19.0 Å². The van der Waals surface area contributed by atoms with Gasteiger partial charge in [-0.2, -0.15) is 0 Å². The van der Waals surface area contributed by atoms with Crippen molar-refractivity contribution >= 4 is 23.2 Å². The third-order valence-corrected chi connectivity index (χ3v) is 3.29. The van der Waals surface area contributed by atoms with Gasteiger partial charge in [-0.3, -0.25) is 4.79 Å². The molecule has 0 heterocycles. The van der Waals surface area contributed by atoms with E-state index in [0.29, 0.717) is 28.8 Å². The molecule has 0 unspecified atom stereocenters. The molecular formula is C17H18ClNO3. The van der Waals surface area contributed by atoms with Crippen LogP contribution in [-0.2, 0) is 4.79 Å². The maximum absolute atomic E-state index is 12.0. The molecule has 116 valence electrons. The van der Waals surface area contributed by atoms with E-state index in [1.165, 1.54) is 0 Å². The van der Waals surface area contributed by atoms with Gasteiger partial charge in [-0.25, -0.2) is 0 Å². The summed E-state index contributed by atoms with van der Waals surface area (Å²) in [7, 11) is 1.57. The molecule has 0 saturated heterocycles. The van der Waals surface area contributed by atoms with Crippen LogP contribution in [0.4, 0.5) is 5.69 Å². The molecule has 0 aliphatic heterocycles. The van der Waals surface area contributed by atoms with Crippen LogP contribution in [-0.4, -0.2) is 19.6 Å². The summed E-state index contributed by atoms with van der Waals surface area (Å²) in [6.07, 6.45) is 0.250. The zero-order valence-electron chi connectivity index (χ0n) is 12.6. The molecule has 0 aromatic heterocycles. The zero-order valence-corrected chi connectivity index (χ0v) is 13.3. The number of nitrogens with one attached hydrogen (secondary N) is 1. The van der Waals surface area contributed by atoms with Crippen molar-refractivity contribution in [1.29, 1.82) is 0 Å². The first-order valence-electron chi connectivity index (χ1n) is 6.91. The summed E-state index contributed by atoms with van der Waals surface area (Å²) in [6.45, 7) is 2.25. The number of hydrogen-bond donors (Lipinski definition) is 1. The Morgan fingerprint density at radius 3 is 2.59 bits per heavy atom. The predicted molar refractivity (Wildman–Crippen MR) is 87.9 cm³/mol. The number of amides is 1. The average Bonchev–Trinajstić information content (AvgIpc) is 2.49. The van der Waals surface area contributed by atoms with Gasteiger partial charge in [0.2, 0.25) is 5.91 Å². The van der Waals surface area contributed by atoms with E-state index < -0.39 is 0 Å². The number of anilines is 1. The quantitative estimate of drug-likeness (QED) is 0.873. The van der Waals surface area contributed by atoms with Crippen LogP contribution in [0.2, 0.25) is 5.02 Å². The minimum Gasteiger partial charge on any atom is -0.495 e. The number of halogens is 1. The van der Waals surface area contributed by atoms with E-state index in [9.17, 15) is 4.79 Å². The van der Waals surface area contributed by atoms with Gasteiger partial charge >= 0.3 is 0 Å². The van der Waals surface area contributed by atoms with Gasteiger partial charge < -0.3 is 14.8 Å². The normalized spacial score (nSPS) is 10.1. The van der Waals surface area contributed by atoms with Crippen LogP contribution >= 0.6 is 11.6 Å². The second-order valence-corrected chi connectivity index (χ2v) is 5.24. The lowest BCUT2D eigenvalue weighted by atomic mass is 10.2. The Hall–Kier alpha value is -2.20. The number of carbonyl (C=O) groups excluding carboxylic acids is 1. The van der Waals surface area contributed by atoms with Crippen molar-refractivity contribution in [3.8, 4) is 11.5 Å². The molecule has 1 amide bonds. The van der Waals surface area contributed by atoms with Gasteiger partial charge in [0.1, 0.15) is 11.5 Å². The van der Waals surface area contributed by atoms with E-state index in [2.05, 4.69) is 5.32 Å². The number of ether oxygens (including phenoxy) is 2. The number of hydrogen-bond acceptors (Lipinski definition) is 3. The van der Waals surface area contributed by atoms with Gasteiger partial charge in [-0.05, 0) is 48.9 Å². The Kier molecular flexibility index (Phi) is 5.67. The van der Waals surface area contributed by atoms with Gasteiger partial charge in [-0.15, -0.1) is 0 Å². The maximum atomic E-state index is 12.0. The van der Waals surface area contributed by atoms with Gasteiger partial charge in [0.15, 0.2) is 0 Å². The summed E-state index contributed by atoms with van der Waals surface area (Å²) in [4.78, 5) is 12.0. The topological polar surface area (TPSA) is 47.6 Å². The molecule has 0 aliphatic carbocycles. The highest BCUT2D eigenvalue weighted by Crippen LogP contribution is 2.25. The molecule has 2 rings (SSSR count). The maximum Gasteiger partial charge on any atom is 0.227 e. The highest BCUT2D eigenvalue weighted by molar-refractivity contribution is 6.30. The van der Waals surface area contributed by atoms with E-state index in [-0.39, 0.29) is 12.3 Å². The second kappa shape index (κ2) is 7.71. The first-order valence-corrected chi connectivity index (χ1v) is 7.29. The monoisotopic (exact) mass is 319 g/mol. The lowest BCUT2D eigenvalue weighted by Gasteiger charge is -2.11. The Labute approximate surface area is 135 Å². The molecule has 0 saturated carbocycles. The van der Waals surface area contributed by atoms with E-state index in [0.717, 1.165) is 5.56 Å². The average molecular weight is 320 g/mol. The third kappa shape index (κ3) is 4.67. The van der Waals surface area contributed by atoms with Gasteiger partial charge in [-0.1, -0.05) is 17.7 Å².